The molecular weight excluding hydrogens is 270 g/mol. The van der Waals surface area contributed by atoms with Crippen LogP contribution in [0.25, 0.3) is 17.0 Å². The summed E-state index contributed by atoms with van der Waals surface area (Å²) in [6.07, 6.45) is 5.68. The highest BCUT2D eigenvalue weighted by Crippen LogP contribution is 2.22. The van der Waals surface area contributed by atoms with E-state index >= 15 is 0 Å². The maximum Gasteiger partial charge on any atom is 0.0726 e. The molecule has 0 aliphatic heterocycles. The van der Waals surface area contributed by atoms with Crippen LogP contribution in [0.3, 0.4) is 0 Å². The molecule has 1 N–H and O–H groups in total. The van der Waals surface area contributed by atoms with Crippen molar-refractivity contribution in [2.24, 2.45) is 5.10 Å². The van der Waals surface area contributed by atoms with Crippen molar-refractivity contribution in [2.75, 3.05) is 5.43 Å². The third kappa shape index (κ3) is 3.38. The van der Waals surface area contributed by atoms with Crippen molar-refractivity contribution in [2.45, 2.75) is 6.92 Å². The van der Waals surface area contributed by atoms with E-state index in [9.17, 15) is 0 Å². The van der Waals surface area contributed by atoms with Gasteiger partial charge in [-0.25, -0.2) is 0 Å². The molecule has 0 unspecified atom stereocenters. The van der Waals surface area contributed by atoms with Crippen LogP contribution in [-0.2, 0) is 0 Å². The fourth-order valence-corrected chi connectivity index (χ4v) is 2.27. The minimum Gasteiger partial charge on any atom is -0.278 e. The summed E-state index contributed by atoms with van der Waals surface area (Å²) in [7, 11) is 0. The van der Waals surface area contributed by atoms with Crippen molar-refractivity contribution < 1.29 is 0 Å². The molecule has 0 saturated carbocycles. The van der Waals surface area contributed by atoms with Gasteiger partial charge in [0.05, 0.1) is 11.2 Å². The van der Waals surface area contributed by atoms with E-state index in [1.54, 1.807) is 6.21 Å². The van der Waals surface area contributed by atoms with Crippen molar-refractivity contribution in [3.63, 3.8) is 0 Å². The first-order chi connectivity index (χ1) is 10.8. The monoisotopic (exact) mass is 287 g/mol. The van der Waals surface area contributed by atoms with Crippen LogP contribution in [0.2, 0.25) is 0 Å². The van der Waals surface area contributed by atoms with Gasteiger partial charge in [-0.1, -0.05) is 54.6 Å². The highest BCUT2D eigenvalue weighted by molar-refractivity contribution is 5.91. The summed E-state index contributed by atoms with van der Waals surface area (Å²) in [5, 5.41) is 5.33. The summed E-state index contributed by atoms with van der Waals surface area (Å²) in [4.78, 5) is 4.51. The molecule has 3 heteroatoms. The largest absolute Gasteiger partial charge is 0.278 e. The van der Waals surface area contributed by atoms with Crippen LogP contribution in [0, 0.1) is 6.92 Å². The van der Waals surface area contributed by atoms with Gasteiger partial charge < -0.3 is 0 Å². The summed E-state index contributed by atoms with van der Waals surface area (Å²) in [6, 6.07) is 20.2. The van der Waals surface area contributed by atoms with Gasteiger partial charge in [0.15, 0.2) is 0 Å². The van der Waals surface area contributed by atoms with Crippen LogP contribution in [0.5, 0.6) is 0 Å². The second kappa shape index (κ2) is 6.68. The second-order valence-electron chi connectivity index (χ2n) is 4.99. The Morgan fingerprint density at radius 3 is 2.64 bits per heavy atom. The zero-order valence-corrected chi connectivity index (χ0v) is 12.4. The predicted molar refractivity (Wildman–Crippen MR) is 94.1 cm³/mol. The number of benzene rings is 2. The van der Waals surface area contributed by atoms with Crippen LogP contribution in [0.4, 0.5) is 5.69 Å². The lowest BCUT2D eigenvalue weighted by atomic mass is 10.1. The smallest absolute Gasteiger partial charge is 0.0726 e. The number of pyridine rings is 1. The van der Waals surface area contributed by atoms with E-state index in [0.29, 0.717) is 0 Å². The van der Waals surface area contributed by atoms with E-state index in [4.69, 9.17) is 0 Å². The topological polar surface area (TPSA) is 37.3 Å². The van der Waals surface area contributed by atoms with E-state index in [-0.39, 0.29) is 0 Å². The van der Waals surface area contributed by atoms with Crippen LogP contribution in [0.1, 0.15) is 11.3 Å². The Morgan fingerprint density at radius 2 is 1.77 bits per heavy atom. The van der Waals surface area contributed by atoms with Gasteiger partial charge in [-0.05, 0) is 30.7 Å². The van der Waals surface area contributed by atoms with Crippen molar-refractivity contribution >= 4 is 28.9 Å². The molecule has 22 heavy (non-hydrogen) atoms. The molecule has 0 aliphatic rings. The van der Waals surface area contributed by atoms with Gasteiger partial charge in [0.25, 0.3) is 0 Å². The predicted octanol–water partition coefficient (Wildman–Crippen LogP) is 4.65. The molecule has 2 aromatic carbocycles. The van der Waals surface area contributed by atoms with Crippen molar-refractivity contribution in [3.05, 3.63) is 78.0 Å². The number of aromatic nitrogens is 1. The molecule has 0 aliphatic carbocycles. The van der Waals surface area contributed by atoms with Gasteiger partial charge in [0.2, 0.25) is 0 Å². The van der Waals surface area contributed by atoms with E-state index in [2.05, 4.69) is 27.6 Å². The summed E-state index contributed by atoms with van der Waals surface area (Å²) < 4.78 is 0. The molecule has 0 amide bonds. The molecule has 0 atom stereocenters. The van der Waals surface area contributed by atoms with Gasteiger partial charge in [-0.2, -0.15) is 5.10 Å². The summed E-state index contributed by atoms with van der Waals surface area (Å²) in [6.45, 7) is 1.98. The summed E-state index contributed by atoms with van der Waals surface area (Å²) >= 11 is 0. The second-order valence-corrected chi connectivity index (χ2v) is 4.99. The Morgan fingerprint density at radius 1 is 1.00 bits per heavy atom. The Labute approximate surface area is 130 Å². The van der Waals surface area contributed by atoms with Crippen LogP contribution < -0.4 is 5.43 Å². The Kier molecular flexibility index (Phi) is 4.25. The minimum absolute atomic E-state index is 0.965. The average molecular weight is 287 g/mol. The summed E-state index contributed by atoms with van der Waals surface area (Å²) in [5.41, 5.74) is 7.15. The number of aryl methyl sites for hydroxylation is 1. The number of fused-ring (bicyclic) bond motifs is 1. The molecule has 1 aromatic heterocycles. The minimum atomic E-state index is 0.965. The normalized spacial score (nSPS) is 11.5. The van der Waals surface area contributed by atoms with Crippen molar-refractivity contribution in [1.82, 2.24) is 4.98 Å². The van der Waals surface area contributed by atoms with E-state index in [1.807, 2.05) is 67.6 Å². The molecule has 0 saturated heterocycles. The average Bonchev–Trinajstić information content (AvgIpc) is 2.55. The number of anilines is 1. The number of allylic oxidation sites excluding steroid dienone is 1. The third-order valence-corrected chi connectivity index (χ3v) is 3.28. The molecule has 0 fully saturated rings. The molecule has 108 valence electrons. The van der Waals surface area contributed by atoms with Crippen LogP contribution in [-0.4, -0.2) is 11.2 Å². The van der Waals surface area contributed by atoms with Gasteiger partial charge in [-0.15, -0.1) is 0 Å². The highest BCUT2D eigenvalue weighted by Gasteiger charge is 2.01. The van der Waals surface area contributed by atoms with Gasteiger partial charge in [0.1, 0.15) is 0 Å². The van der Waals surface area contributed by atoms with Crippen LogP contribution in [0.15, 0.2) is 71.8 Å². The highest BCUT2D eigenvalue weighted by atomic mass is 15.3. The Bertz CT molecular complexity index is 820. The number of nitrogens with one attached hydrogen (secondary N) is 1. The lowest BCUT2D eigenvalue weighted by Gasteiger charge is -2.06. The maximum absolute atomic E-state index is 4.51. The van der Waals surface area contributed by atoms with Gasteiger partial charge in [0, 0.05) is 17.3 Å². The van der Waals surface area contributed by atoms with Crippen molar-refractivity contribution in [1.29, 1.82) is 0 Å². The van der Waals surface area contributed by atoms with Gasteiger partial charge in [-0.3, -0.25) is 10.4 Å². The fraction of sp³-hybridized carbons (Fsp3) is 0.0526. The lowest BCUT2D eigenvalue weighted by molar-refractivity contribution is 1.24. The maximum atomic E-state index is 4.51. The molecule has 3 aromatic rings. The third-order valence-electron chi connectivity index (χ3n) is 3.28. The van der Waals surface area contributed by atoms with E-state index in [1.165, 1.54) is 0 Å². The number of hydrogen-bond acceptors (Lipinski definition) is 3. The number of para-hydroxylation sites is 1. The molecule has 0 spiro atoms. The zero-order chi connectivity index (χ0) is 15.2. The molecule has 0 radical (unpaired) electrons. The molecular formula is C19H17N3. The van der Waals surface area contributed by atoms with Crippen LogP contribution >= 0.6 is 0 Å². The SMILES string of the molecule is Cc1cc(N/N=C/C=C/c2ccccc2)c2ccccc2n1. The number of nitrogens with zero attached hydrogens (tertiary/aromatic N) is 2. The first-order valence-electron chi connectivity index (χ1n) is 7.20. The molecule has 0 bridgehead atoms. The molecule has 3 nitrogen and oxygen atoms in total. The Hall–Kier alpha value is -2.94. The van der Waals surface area contributed by atoms with Crippen molar-refractivity contribution in [3.8, 4) is 0 Å². The van der Waals surface area contributed by atoms with E-state index < -0.39 is 0 Å². The number of hydrazone groups is 1. The summed E-state index contributed by atoms with van der Waals surface area (Å²) in [5.74, 6) is 0. The first-order valence-corrected chi connectivity index (χ1v) is 7.20. The van der Waals surface area contributed by atoms with Gasteiger partial charge >= 0.3 is 0 Å². The number of rotatable bonds is 4. The number of hydrogen-bond donors (Lipinski definition) is 1. The standard InChI is InChI=1S/C19H17N3/c1-15-14-19(17-11-5-6-12-18(17)21-15)22-20-13-7-10-16-8-3-2-4-9-16/h2-14H,1H3,(H,21,22)/b10-7+,20-13+. The molecule has 3 rings (SSSR count). The molecule has 1 heterocycles. The van der Waals surface area contributed by atoms with E-state index in [0.717, 1.165) is 27.8 Å². The lowest BCUT2D eigenvalue weighted by Crippen LogP contribution is -1.93. The fourth-order valence-electron chi connectivity index (χ4n) is 2.27. The first kappa shape index (κ1) is 14.0. The Balaban J connectivity index is 1.74. The zero-order valence-electron chi connectivity index (χ0n) is 12.4. The quantitative estimate of drug-likeness (QED) is 0.560.